The molecular weight excluding hydrogens is 228 g/mol. The van der Waals surface area contributed by atoms with E-state index in [0.717, 1.165) is 24.8 Å². The van der Waals surface area contributed by atoms with Crippen LogP contribution >= 0.6 is 0 Å². The first-order valence-electron chi connectivity index (χ1n) is 6.15. The van der Waals surface area contributed by atoms with Crippen molar-refractivity contribution < 1.29 is 9.53 Å². The van der Waals surface area contributed by atoms with Crippen LogP contribution in [0.15, 0.2) is 30.3 Å². The van der Waals surface area contributed by atoms with Gasteiger partial charge in [-0.15, -0.1) is 0 Å². The van der Waals surface area contributed by atoms with Gasteiger partial charge in [0.1, 0.15) is 6.61 Å². The largest absolute Gasteiger partial charge is 0.445 e. The molecule has 4 heteroatoms. The van der Waals surface area contributed by atoms with E-state index < -0.39 is 6.09 Å². The Labute approximate surface area is 107 Å². The lowest BCUT2D eigenvalue weighted by atomic mass is 10.1. The minimum Gasteiger partial charge on any atom is -0.445 e. The van der Waals surface area contributed by atoms with Gasteiger partial charge in [-0.1, -0.05) is 30.3 Å². The van der Waals surface area contributed by atoms with Gasteiger partial charge in [0.2, 0.25) is 0 Å². The molecule has 18 heavy (non-hydrogen) atoms. The van der Waals surface area contributed by atoms with Crippen molar-refractivity contribution in [2.75, 3.05) is 0 Å². The fourth-order valence-electron chi connectivity index (χ4n) is 2.16. The molecule has 0 spiro atoms. The van der Waals surface area contributed by atoms with Crippen LogP contribution in [0.1, 0.15) is 24.8 Å². The van der Waals surface area contributed by atoms with Gasteiger partial charge in [0.25, 0.3) is 0 Å². The molecule has 0 aromatic heterocycles. The van der Waals surface area contributed by atoms with E-state index in [1.807, 2.05) is 30.3 Å². The summed E-state index contributed by atoms with van der Waals surface area (Å²) in [6.45, 7) is 0.279. The minimum absolute atomic E-state index is 0.0735. The molecule has 0 aliphatic heterocycles. The van der Waals surface area contributed by atoms with Gasteiger partial charge in [-0.25, -0.2) is 4.79 Å². The summed E-state index contributed by atoms with van der Waals surface area (Å²) in [5.74, 6) is 0.0735. The number of nitrogens with one attached hydrogen (secondary N) is 1. The van der Waals surface area contributed by atoms with Crippen molar-refractivity contribution in [2.24, 2.45) is 5.92 Å². The number of carbonyl (C=O) groups is 1. The number of carbonyl (C=O) groups excluding carboxylic acids is 1. The molecule has 2 unspecified atom stereocenters. The molecule has 1 amide bonds. The average Bonchev–Trinajstić information content (AvgIpc) is 2.85. The highest BCUT2D eigenvalue weighted by molar-refractivity contribution is 5.67. The second kappa shape index (κ2) is 6.06. The predicted molar refractivity (Wildman–Crippen MR) is 66.5 cm³/mol. The standard InChI is InChI=1S/C14H16N2O2/c15-9-12-6-7-13(8-12)16-14(17)18-10-11-4-2-1-3-5-11/h1-5,12-13H,6-8,10H2,(H,16,17). The molecule has 1 aliphatic rings. The molecule has 1 saturated carbocycles. The lowest BCUT2D eigenvalue weighted by molar-refractivity contribution is 0.135. The quantitative estimate of drug-likeness (QED) is 0.889. The number of alkyl carbamates (subject to hydrolysis) is 1. The first kappa shape index (κ1) is 12.4. The fraction of sp³-hybridized carbons (Fsp3) is 0.429. The molecule has 2 rings (SSSR count). The van der Waals surface area contributed by atoms with Crippen LogP contribution < -0.4 is 5.32 Å². The lowest BCUT2D eigenvalue weighted by Crippen LogP contribution is -2.33. The summed E-state index contributed by atoms with van der Waals surface area (Å²) in [6.07, 6.45) is 2.05. The Balaban J connectivity index is 1.72. The normalized spacial score (nSPS) is 22.2. The highest BCUT2D eigenvalue weighted by Gasteiger charge is 2.25. The van der Waals surface area contributed by atoms with Gasteiger partial charge in [0.15, 0.2) is 0 Å². The van der Waals surface area contributed by atoms with Crippen LogP contribution in [0, 0.1) is 17.2 Å². The number of benzene rings is 1. The zero-order valence-corrected chi connectivity index (χ0v) is 10.1. The lowest BCUT2D eigenvalue weighted by Gasteiger charge is -2.12. The van der Waals surface area contributed by atoms with Gasteiger partial charge in [-0.05, 0) is 24.8 Å². The van der Waals surface area contributed by atoms with Crippen LogP contribution in [0.25, 0.3) is 0 Å². The van der Waals surface area contributed by atoms with Gasteiger partial charge >= 0.3 is 6.09 Å². The van der Waals surface area contributed by atoms with Crippen LogP contribution in [0.4, 0.5) is 4.79 Å². The van der Waals surface area contributed by atoms with E-state index in [0.29, 0.717) is 0 Å². The molecule has 0 heterocycles. The number of rotatable bonds is 3. The Bertz CT molecular complexity index is 439. The van der Waals surface area contributed by atoms with Gasteiger partial charge < -0.3 is 10.1 Å². The van der Waals surface area contributed by atoms with Crippen LogP contribution in [0.2, 0.25) is 0 Å². The van der Waals surface area contributed by atoms with Crippen molar-refractivity contribution >= 4 is 6.09 Å². The Morgan fingerprint density at radius 1 is 1.39 bits per heavy atom. The van der Waals surface area contributed by atoms with Gasteiger partial charge in [-0.3, -0.25) is 0 Å². The number of hydrogen-bond donors (Lipinski definition) is 1. The maximum absolute atomic E-state index is 11.6. The maximum atomic E-state index is 11.6. The molecule has 1 fully saturated rings. The predicted octanol–water partition coefficient (Wildman–Crippen LogP) is 2.61. The minimum atomic E-state index is -0.401. The Hall–Kier alpha value is -2.02. The van der Waals surface area contributed by atoms with Crippen molar-refractivity contribution in [3.63, 3.8) is 0 Å². The topological polar surface area (TPSA) is 62.1 Å². The highest BCUT2D eigenvalue weighted by Crippen LogP contribution is 2.24. The first-order chi connectivity index (χ1) is 8.78. The molecule has 2 atom stereocenters. The number of amides is 1. The molecular formula is C14H16N2O2. The Kier molecular flexibility index (Phi) is 4.19. The SMILES string of the molecule is N#CC1CCC(NC(=O)OCc2ccccc2)C1. The molecule has 1 aromatic rings. The summed E-state index contributed by atoms with van der Waals surface area (Å²) in [7, 11) is 0. The smallest absolute Gasteiger partial charge is 0.407 e. The van der Waals surface area contributed by atoms with E-state index in [2.05, 4.69) is 11.4 Å². The average molecular weight is 244 g/mol. The van der Waals surface area contributed by atoms with Crippen LogP contribution in [0.3, 0.4) is 0 Å². The van der Waals surface area contributed by atoms with Crippen LogP contribution in [-0.4, -0.2) is 12.1 Å². The zero-order valence-electron chi connectivity index (χ0n) is 10.1. The monoisotopic (exact) mass is 244 g/mol. The summed E-state index contributed by atoms with van der Waals surface area (Å²) < 4.78 is 5.13. The van der Waals surface area contributed by atoms with Gasteiger partial charge in [-0.2, -0.15) is 5.26 Å². The molecule has 1 aromatic carbocycles. The maximum Gasteiger partial charge on any atom is 0.407 e. The second-order valence-electron chi connectivity index (χ2n) is 4.54. The third-order valence-corrected chi connectivity index (χ3v) is 3.15. The summed E-state index contributed by atoms with van der Waals surface area (Å²) in [6, 6.07) is 11.9. The Morgan fingerprint density at radius 2 is 2.17 bits per heavy atom. The fourth-order valence-corrected chi connectivity index (χ4v) is 2.16. The van der Waals surface area contributed by atoms with E-state index in [9.17, 15) is 4.79 Å². The molecule has 94 valence electrons. The van der Waals surface area contributed by atoms with E-state index in [-0.39, 0.29) is 18.6 Å². The summed E-state index contributed by atoms with van der Waals surface area (Å²) in [4.78, 5) is 11.6. The van der Waals surface area contributed by atoms with E-state index in [1.165, 1.54) is 0 Å². The molecule has 0 bridgehead atoms. The third kappa shape index (κ3) is 3.49. The molecule has 1 aliphatic carbocycles. The summed E-state index contributed by atoms with van der Waals surface area (Å²) in [5, 5.41) is 11.6. The van der Waals surface area contributed by atoms with E-state index in [1.54, 1.807) is 0 Å². The number of nitriles is 1. The third-order valence-electron chi connectivity index (χ3n) is 3.15. The first-order valence-corrected chi connectivity index (χ1v) is 6.15. The van der Waals surface area contributed by atoms with E-state index >= 15 is 0 Å². The van der Waals surface area contributed by atoms with Crippen molar-refractivity contribution in [2.45, 2.75) is 31.9 Å². The molecule has 0 saturated heterocycles. The number of nitrogens with zero attached hydrogens (tertiary/aromatic N) is 1. The number of ether oxygens (including phenoxy) is 1. The molecule has 4 nitrogen and oxygen atoms in total. The molecule has 0 radical (unpaired) electrons. The van der Waals surface area contributed by atoms with Crippen molar-refractivity contribution in [1.29, 1.82) is 5.26 Å². The number of hydrogen-bond acceptors (Lipinski definition) is 3. The van der Waals surface area contributed by atoms with Gasteiger partial charge in [0, 0.05) is 12.0 Å². The van der Waals surface area contributed by atoms with Crippen molar-refractivity contribution in [1.82, 2.24) is 5.32 Å². The van der Waals surface area contributed by atoms with Crippen molar-refractivity contribution in [3.05, 3.63) is 35.9 Å². The summed E-state index contributed by atoms with van der Waals surface area (Å²) in [5.41, 5.74) is 0.967. The van der Waals surface area contributed by atoms with E-state index in [4.69, 9.17) is 10.00 Å². The second-order valence-corrected chi connectivity index (χ2v) is 4.54. The summed E-state index contributed by atoms with van der Waals surface area (Å²) >= 11 is 0. The van der Waals surface area contributed by atoms with Crippen LogP contribution in [-0.2, 0) is 11.3 Å². The Morgan fingerprint density at radius 3 is 2.83 bits per heavy atom. The zero-order chi connectivity index (χ0) is 12.8. The molecule has 1 N–H and O–H groups in total. The highest BCUT2D eigenvalue weighted by atomic mass is 16.5. The van der Waals surface area contributed by atoms with Gasteiger partial charge in [0.05, 0.1) is 6.07 Å². The van der Waals surface area contributed by atoms with Crippen LogP contribution in [0.5, 0.6) is 0 Å². The van der Waals surface area contributed by atoms with Crippen molar-refractivity contribution in [3.8, 4) is 6.07 Å².